The Balaban J connectivity index is 1.81. The summed E-state index contributed by atoms with van der Waals surface area (Å²) in [6.45, 7) is 3.46. The van der Waals surface area contributed by atoms with Crippen molar-refractivity contribution in [2.45, 2.75) is 26.1 Å². The highest BCUT2D eigenvalue weighted by Gasteiger charge is 2.31. The molecule has 0 aliphatic carbocycles. The van der Waals surface area contributed by atoms with E-state index in [4.69, 9.17) is 4.74 Å². The molecule has 1 atom stereocenters. The van der Waals surface area contributed by atoms with Crippen LogP contribution in [-0.4, -0.2) is 20.6 Å². The van der Waals surface area contributed by atoms with Crippen LogP contribution in [0, 0.1) is 6.92 Å². The standard InChI is InChI=1S/C15H12F3N3O2S/c1-8-12(24-14-19-7-20-21(8)14)9(2)23-13(22)10-4-3-5-11(6-10)15(16,17)18/h3-7,9H,1-2H3. The van der Waals surface area contributed by atoms with Gasteiger partial charge in [0.15, 0.2) is 0 Å². The van der Waals surface area contributed by atoms with Gasteiger partial charge in [-0.05, 0) is 32.0 Å². The maximum atomic E-state index is 12.7. The lowest BCUT2D eigenvalue weighted by Gasteiger charge is -2.13. The van der Waals surface area contributed by atoms with E-state index >= 15 is 0 Å². The topological polar surface area (TPSA) is 56.5 Å². The smallest absolute Gasteiger partial charge is 0.416 e. The predicted octanol–water partition coefficient (Wildman–Crippen LogP) is 4.04. The maximum absolute atomic E-state index is 12.7. The number of nitrogens with zero attached hydrogens (tertiary/aromatic N) is 3. The second-order valence-electron chi connectivity index (χ2n) is 5.13. The van der Waals surface area contributed by atoms with Crippen molar-refractivity contribution in [2.75, 3.05) is 0 Å². The number of hydrogen-bond acceptors (Lipinski definition) is 5. The zero-order valence-electron chi connectivity index (χ0n) is 12.7. The molecule has 0 aliphatic rings. The molecule has 1 unspecified atom stereocenters. The number of fused-ring (bicyclic) bond motifs is 1. The molecule has 24 heavy (non-hydrogen) atoms. The van der Waals surface area contributed by atoms with Gasteiger partial charge < -0.3 is 4.74 Å². The summed E-state index contributed by atoms with van der Waals surface area (Å²) in [6.07, 6.45) is -3.72. The first kappa shape index (κ1) is 16.4. The van der Waals surface area contributed by atoms with E-state index in [0.717, 1.165) is 22.7 Å². The number of esters is 1. The van der Waals surface area contributed by atoms with E-state index in [9.17, 15) is 18.0 Å². The van der Waals surface area contributed by atoms with Crippen LogP contribution in [0.2, 0.25) is 0 Å². The molecule has 2 heterocycles. The average Bonchev–Trinajstić information content (AvgIpc) is 3.10. The number of ether oxygens (including phenoxy) is 1. The average molecular weight is 355 g/mol. The number of rotatable bonds is 3. The fraction of sp³-hybridized carbons (Fsp3) is 0.267. The summed E-state index contributed by atoms with van der Waals surface area (Å²) < 4.78 is 45.1. The van der Waals surface area contributed by atoms with Crippen LogP contribution in [0.4, 0.5) is 13.2 Å². The van der Waals surface area contributed by atoms with Crippen molar-refractivity contribution in [3.63, 3.8) is 0 Å². The van der Waals surface area contributed by atoms with Crippen LogP contribution in [0.25, 0.3) is 4.96 Å². The molecule has 9 heteroatoms. The first-order valence-corrected chi connectivity index (χ1v) is 7.76. The summed E-state index contributed by atoms with van der Waals surface area (Å²) in [5.41, 5.74) is -0.259. The lowest BCUT2D eigenvalue weighted by atomic mass is 10.1. The van der Waals surface area contributed by atoms with Crippen molar-refractivity contribution < 1.29 is 22.7 Å². The number of thiazole rings is 1. The molecular weight excluding hydrogens is 343 g/mol. The third-order valence-corrected chi connectivity index (χ3v) is 4.78. The van der Waals surface area contributed by atoms with Gasteiger partial charge in [-0.2, -0.15) is 18.3 Å². The zero-order valence-corrected chi connectivity index (χ0v) is 13.5. The quantitative estimate of drug-likeness (QED) is 0.666. The number of halogens is 3. The molecule has 1 aromatic carbocycles. The van der Waals surface area contributed by atoms with Crippen molar-refractivity contribution in [2.24, 2.45) is 0 Å². The zero-order chi connectivity index (χ0) is 17.5. The molecule has 0 radical (unpaired) electrons. The lowest BCUT2D eigenvalue weighted by molar-refractivity contribution is -0.137. The van der Waals surface area contributed by atoms with E-state index in [1.165, 1.54) is 29.8 Å². The highest BCUT2D eigenvalue weighted by molar-refractivity contribution is 7.17. The number of benzene rings is 1. The fourth-order valence-electron chi connectivity index (χ4n) is 2.29. The molecule has 0 saturated carbocycles. The molecule has 0 N–H and O–H groups in total. The Hall–Kier alpha value is -2.42. The van der Waals surface area contributed by atoms with E-state index in [0.29, 0.717) is 4.96 Å². The van der Waals surface area contributed by atoms with Crippen LogP contribution in [0.1, 0.15) is 39.5 Å². The first-order valence-electron chi connectivity index (χ1n) is 6.94. The number of aryl methyl sites for hydroxylation is 1. The van der Waals surface area contributed by atoms with Crippen molar-refractivity contribution >= 4 is 22.3 Å². The van der Waals surface area contributed by atoms with Crippen LogP contribution in [-0.2, 0) is 10.9 Å². The summed E-state index contributed by atoms with van der Waals surface area (Å²) in [5.74, 6) is -0.813. The third kappa shape index (κ3) is 2.99. The molecule has 3 aromatic rings. The number of carbonyl (C=O) groups excluding carboxylic acids is 1. The molecule has 5 nitrogen and oxygen atoms in total. The van der Waals surface area contributed by atoms with Crippen molar-refractivity contribution in [3.05, 3.63) is 52.3 Å². The maximum Gasteiger partial charge on any atom is 0.416 e. The Morgan fingerprint density at radius 1 is 1.38 bits per heavy atom. The van der Waals surface area contributed by atoms with Gasteiger partial charge >= 0.3 is 12.1 Å². The minimum atomic E-state index is -4.51. The Morgan fingerprint density at radius 2 is 2.12 bits per heavy atom. The second kappa shape index (κ2) is 5.90. The Morgan fingerprint density at radius 3 is 2.79 bits per heavy atom. The summed E-state index contributed by atoms with van der Waals surface area (Å²) in [7, 11) is 0. The van der Waals surface area contributed by atoms with E-state index < -0.39 is 23.8 Å². The van der Waals surface area contributed by atoms with Gasteiger partial charge in [0.05, 0.1) is 21.7 Å². The summed E-state index contributed by atoms with van der Waals surface area (Å²) in [4.78, 5) is 17.6. The molecule has 0 spiro atoms. The highest BCUT2D eigenvalue weighted by Crippen LogP contribution is 2.32. The first-order chi connectivity index (χ1) is 11.3. The minimum absolute atomic E-state index is 0.145. The minimum Gasteiger partial charge on any atom is -0.453 e. The second-order valence-corrected chi connectivity index (χ2v) is 6.14. The van der Waals surface area contributed by atoms with Crippen molar-refractivity contribution in [1.82, 2.24) is 14.6 Å². The molecule has 0 bridgehead atoms. The highest BCUT2D eigenvalue weighted by atomic mass is 32.1. The van der Waals surface area contributed by atoms with Crippen LogP contribution in [0.15, 0.2) is 30.6 Å². The summed E-state index contributed by atoms with van der Waals surface area (Å²) >= 11 is 1.32. The van der Waals surface area contributed by atoms with E-state index in [-0.39, 0.29) is 5.56 Å². The van der Waals surface area contributed by atoms with Gasteiger partial charge in [0, 0.05) is 0 Å². The number of alkyl halides is 3. The largest absolute Gasteiger partial charge is 0.453 e. The van der Waals surface area contributed by atoms with E-state index in [1.807, 2.05) is 6.92 Å². The summed E-state index contributed by atoms with van der Waals surface area (Å²) in [6, 6.07) is 4.16. The Kier molecular flexibility index (Phi) is 4.04. The molecule has 126 valence electrons. The fourth-order valence-corrected chi connectivity index (χ4v) is 3.30. The number of carbonyl (C=O) groups is 1. The Bertz CT molecular complexity index is 901. The number of aromatic nitrogens is 3. The van der Waals surface area contributed by atoms with Gasteiger partial charge in [-0.1, -0.05) is 17.4 Å². The lowest BCUT2D eigenvalue weighted by Crippen LogP contribution is -2.11. The Labute approximate surface area is 138 Å². The van der Waals surface area contributed by atoms with Gasteiger partial charge in [-0.3, -0.25) is 0 Å². The molecule has 3 rings (SSSR count). The van der Waals surface area contributed by atoms with Crippen molar-refractivity contribution in [3.8, 4) is 0 Å². The third-order valence-electron chi connectivity index (χ3n) is 3.47. The SMILES string of the molecule is Cc1c(C(C)OC(=O)c2cccc(C(F)(F)F)c2)sc2ncnn12. The van der Waals surface area contributed by atoms with Crippen LogP contribution < -0.4 is 0 Å². The molecule has 0 aliphatic heterocycles. The van der Waals surface area contributed by atoms with Gasteiger partial charge in [-0.15, -0.1) is 0 Å². The van der Waals surface area contributed by atoms with Gasteiger partial charge in [0.1, 0.15) is 12.4 Å². The molecule has 0 fully saturated rings. The van der Waals surface area contributed by atoms with Crippen LogP contribution in [0.3, 0.4) is 0 Å². The van der Waals surface area contributed by atoms with E-state index in [2.05, 4.69) is 10.1 Å². The van der Waals surface area contributed by atoms with Gasteiger partial charge in [-0.25, -0.2) is 14.3 Å². The monoisotopic (exact) mass is 355 g/mol. The van der Waals surface area contributed by atoms with E-state index in [1.54, 1.807) is 11.4 Å². The van der Waals surface area contributed by atoms with Gasteiger partial charge in [0.2, 0.25) is 4.96 Å². The normalized spacial score (nSPS) is 13.2. The predicted molar refractivity (Wildman–Crippen MR) is 80.9 cm³/mol. The van der Waals surface area contributed by atoms with Gasteiger partial charge in [0.25, 0.3) is 0 Å². The molecule has 2 aromatic heterocycles. The number of hydrogen-bond donors (Lipinski definition) is 0. The molecule has 0 amide bonds. The van der Waals surface area contributed by atoms with Crippen LogP contribution >= 0.6 is 11.3 Å². The van der Waals surface area contributed by atoms with Crippen molar-refractivity contribution in [1.29, 1.82) is 0 Å². The summed E-state index contributed by atoms with van der Waals surface area (Å²) in [5, 5.41) is 4.05. The molecular formula is C15H12F3N3O2S. The molecule has 0 saturated heterocycles. The van der Waals surface area contributed by atoms with Crippen LogP contribution in [0.5, 0.6) is 0 Å².